The molecule has 0 atom stereocenters. The van der Waals surface area contributed by atoms with Gasteiger partial charge in [-0.25, -0.2) is 0 Å². The van der Waals surface area contributed by atoms with E-state index < -0.39 is 0 Å². The molecule has 26 heavy (non-hydrogen) atoms. The van der Waals surface area contributed by atoms with Gasteiger partial charge < -0.3 is 10.1 Å². The number of carbonyl (C=O) groups is 1. The molecule has 0 radical (unpaired) electrons. The molecule has 0 aliphatic carbocycles. The second kappa shape index (κ2) is 8.79. The van der Waals surface area contributed by atoms with E-state index in [9.17, 15) is 4.79 Å². The summed E-state index contributed by atoms with van der Waals surface area (Å²) in [4.78, 5) is 13.5. The van der Waals surface area contributed by atoms with Crippen molar-refractivity contribution in [2.45, 2.75) is 11.5 Å². The lowest BCUT2D eigenvalue weighted by atomic mass is 10.2. The van der Waals surface area contributed by atoms with E-state index in [4.69, 9.17) is 16.3 Å². The quantitative estimate of drug-likeness (QED) is 0.539. The number of halogens is 1. The van der Waals surface area contributed by atoms with Gasteiger partial charge in [0.15, 0.2) is 0 Å². The lowest BCUT2D eigenvalue weighted by Crippen LogP contribution is -2.12. The molecule has 0 fully saturated rings. The van der Waals surface area contributed by atoms with Crippen LogP contribution in [0.4, 0.5) is 5.69 Å². The van der Waals surface area contributed by atoms with Gasteiger partial charge in [-0.3, -0.25) is 4.79 Å². The van der Waals surface area contributed by atoms with Gasteiger partial charge in [0.2, 0.25) is 0 Å². The van der Waals surface area contributed by atoms with Crippen LogP contribution in [0.3, 0.4) is 0 Å². The van der Waals surface area contributed by atoms with E-state index in [-0.39, 0.29) is 5.91 Å². The third-order valence-corrected chi connectivity index (χ3v) is 4.99. The van der Waals surface area contributed by atoms with Gasteiger partial charge in [0, 0.05) is 21.0 Å². The van der Waals surface area contributed by atoms with Crippen molar-refractivity contribution in [1.82, 2.24) is 0 Å². The van der Waals surface area contributed by atoms with Gasteiger partial charge in [-0.15, -0.1) is 11.8 Å². The van der Waals surface area contributed by atoms with Crippen molar-refractivity contribution >= 4 is 35.0 Å². The molecule has 1 N–H and O–H groups in total. The predicted molar refractivity (Wildman–Crippen MR) is 108 cm³/mol. The smallest absolute Gasteiger partial charge is 0.255 e. The lowest BCUT2D eigenvalue weighted by molar-refractivity contribution is 0.102. The van der Waals surface area contributed by atoms with Gasteiger partial charge >= 0.3 is 0 Å². The molecule has 0 spiro atoms. The Labute approximate surface area is 162 Å². The van der Waals surface area contributed by atoms with Crippen molar-refractivity contribution in [2.24, 2.45) is 0 Å². The minimum Gasteiger partial charge on any atom is -0.489 e. The maximum absolute atomic E-state index is 12.4. The second-order valence-corrected chi connectivity index (χ2v) is 6.81. The fourth-order valence-corrected chi connectivity index (χ4v) is 3.17. The highest BCUT2D eigenvalue weighted by Crippen LogP contribution is 2.25. The Morgan fingerprint density at radius 1 is 1.00 bits per heavy atom. The third kappa shape index (κ3) is 4.59. The normalized spacial score (nSPS) is 10.4. The number of rotatable bonds is 6. The first-order valence-corrected chi connectivity index (χ1v) is 9.68. The molecular formula is C21H18ClNO2S. The Hall–Kier alpha value is -2.43. The van der Waals surface area contributed by atoms with Gasteiger partial charge in [-0.05, 0) is 48.7 Å². The van der Waals surface area contributed by atoms with Crippen LogP contribution < -0.4 is 10.1 Å². The summed E-state index contributed by atoms with van der Waals surface area (Å²) in [5.74, 6) is 0.537. The molecule has 0 heterocycles. The fourth-order valence-electron chi connectivity index (χ4n) is 2.42. The zero-order valence-corrected chi connectivity index (χ0v) is 15.8. The van der Waals surface area contributed by atoms with E-state index in [1.807, 2.05) is 54.8 Å². The maximum atomic E-state index is 12.4. The number of hydrogen-bond acceptors (Lipinski definition) is 3. The minimum absolute atomic E-state index is 0.149. The molecule has 3 nitrogen and oxygen atoms in total. The first kappa shape index (κ1) is 18.4. The molecule has 0 aromatic heterocycles. The largest absolute Gasteiger partial charge is 0.489 e. The van der Waals surface area contributed by atoms with Gasteiger partial charge in [0.25, 0.3) is 5.91 Å². The molecule has 0 bridgehead atoms. The molecule has 3 aromatic carbocycles. The van der Waals surface area contributed by atoms with Gasteiger partial charge in [-0.1, -0.05) is 41.9 Å². The highest BCUT2D eigenvalue weighted by atomic mass is 35.5. The number of thioether (sulfide) groups is 1. The number of para-hydroxylation sites is 1. The van der Waals surface area contributed by atoms with Crippen molar-refractivity contribution in [3.63, 3.8) is 0 Å². The summed E-state index contributed by atoms with van der Waals surface area (Å²) in [6.45, 7) is 0.381. The van der Waals surface area contributed by atoms with E-state index in [1.54, 1.807) is 36.0 Å². The SMILES string of the molecule is CSc1ccccc1NC(=O)c1ccc(OCc2ccccc2Cl)cc1. The first-order valence-electron chi connectivity index (χ1n) is 8.08. The van der Waals surface area contributed by atoms with E-state index in [2.05, 4.69) is 5.32 Å². The highest BCUT2D eigenvalue weighted by molar-refractivity contribution is 7.98. The monoisotopic (exact) mass is 383 g/mol. The molecule has 0 unspecified atom stereocenters. The Morgan fingerprint density at radius 3 is 2.42 bits per heavy atom. The average Bonchev–Trinajstić information content (AvgIpc) is 2.68. The van der Waals surface area contributed by atoms with Gasteiger partial charge in [0.05, 0.1) is 5.69 Å². The van der Waals surface area contributed by atoms with Gasteiger partial charge in [0.1, 0.15) is 12.4 Å². The molecule has 0 aliphatic rings. The highest BCUT2D eigenvalue weighted by Gasteiger charge is 2.09. The van der Waals surface area contributed by atoms with Crippen molar-refractivity contribution in [2.75, 3.05) is 11.6 Å². The van der Waals surface area contributed by atoms with Crippen LogP contribution in [0, 0.1) is 0 Å². The van der Waals surface area contributed by atoms with E-state index in [1.165, 1.54) is 0 Å². The van der Waals surface area contributed by atoms with Crippen LogP contribution in [0.1, 0.15) is 15.9 Å². The molecule has 132 valence electrons. The van der Waals surface area contributed by atoms with Crippen LogP contribution in [-0.4, -0.2) is 12.2 Å². The number of carbonyl (C=O) groups excluding carboxylic acids is 1. The summed E-state index contributed by atoms with van der Waals surface area (Å²) < 4.78 is 5.74. The van der Waals surface area contributed by atoms with Gasteiger partial charge in [-0.2, -0.15) is 0 Å². The van der Waals surface area contributed by atoms with Crippen LogP contribution in [-0.2, 0) is 6.61 Å². The van der Waals surface area contributed by atoms with Crippen LogP contribution in [0.25, 0.3) is 0 Å². The van der Waals surface area contributed by atoms with E-state index in [0.29, 0.717) is 22.9 Å². The molecular weight excluding hydrogens is 366 g/mol. The molecule has 1 amide bonds. The van der Waals surface area contributed by atoms with Crippen molar-refractivity contribution in [3.8, 4) is 5.75 Å². The summed E-state index contributed by atoms with van der Waals surface area (Å²) in [7, 11) is 0. The summed E-state index contributed by atoms with van der Waals surface area (Å²) in [6.07, 6.45) is 1.98. The molecule has 0 saturated heterocycles. The van der Waals surface area contributed by atoms with Crippen LogP contribution in [0.15, 0.2) is 77.7 Å². The molecule has 3 rings (SSSR count). The molecule has 3 aromatic rings. The topological polar surface area (TPSA) is 38.3 Å². The predicted octanol–water partition coefficient (Wildman–Crippen LogP) is 5.89. The van der Waals surface area contributed by atoms with Crippen LogP contribution in [0.5, 0.6) is 5.75 Å². The van der Waals surface area contributed by atoms with E-state index >= 15 is 0 Å². The minimum atomic E-state index is -0.149. The zero-order chi connectivity index (χ0) is 18.4. The standard InChI is InChI=1S/C21H18ClNO2S/c1-26-20-9-5-4-8-19(20)23-21(24)15-10-12-17(13-11-15)25-14-16-6-2-3-7-18(16)22/h2-13H,14H2,1H3,(H,23,24). The number of anilines is 1. The summed E-state index contributed by atoms with van der Waals surface area (Å²) in [5, 5.41) is 3.62. The number of hydrogen-bond donors (Lipinski definition) is 1. The number of amides is 1. The van der Waals surface area contributed by atoms with Crippen molar-refractivity contribution in [1.29, 1.82) is 0 Å². The Kier molecular flexibility index (Phi) is 6.21. The first-order chi connectivity index (χ1) is 12.7. The van der Waals surface area contributed by atoms with Crippen molar-refractivity contribution in [3.05, 3.63) is 88.9 Å². The average molecular weight is 384 g/mol. The van der Waals surface area contributed by atoms with E-state index in [0.717, 1.165) is 16.1 Å². The fraction of sp³-hybridized carbons (Fsp3) is 0.0952. The lowest BCUT2D eigenvalue weighted by Gasteiger charge is -2.10. The summed E-state index contributed by atoms with van der Waals surface area (Å²) in [6, 6.07) is 22.4. The summed E-state index contributed by atoms with van der Waals surface area (Å²) in [5.41, 5.74) is 2.31. The number of benzene rings is 3. The Balaban J connectivity index is 1.63. The second-order valence-electron chi connectivity index (χ2n) is 5.56. The Morgan fingerprint density at radius 2 is 1.69 bits per heavy atom. The molecule has 0 aliphatic heterocycles. The van der Waals surface area contributed by atoms with Crippen molar-refractivity contribution < 1.29 is 9.53 Å². The maximum Gasteiger partial charge on any atom is 0.255 e. The Bertz CT molecular complexity index is 897. The summed E-state index contributed by atoms with van der Waals surface area (Å²) >= 11 is 7.72. The zero-order valence-electron chi connectivity index (χ0n) is 14.2. The molecule has 5 heteroatoms. The van der Waals surface area contributed by atoms with Crippen LogP contribution in [0.2, 0.25) is 5.02 Å². The number of ether oxygens (including phenoxy) is 1. The van der Waals surface area contributed by atoms with Crippen LogP contribution >= 0.6 is 23.4 Å². The number of nitrogens with one attached hydrogen (secondary N) is 1. The molecule has 0 saturated carbocycles. The third-order valence-electron chi connectivity index (χ3n) is 3.82.